The van der Waals surface area contributed by atoms with E-state index in [1.54, 1.807) is 54.9 Å². The number of aliphatic hydroxyl groups is 1. The van der Waals surface area contributed by atoms with Crippen molar-refractivity contribution in [3.8, 4) is 5.82 Å². The number of nitrogens with one attached hydrogen (secondary N) is 1. The summed E-state index contributed by atoms with van der Waals surface area (Å²) in [6.45, 7) is 8.91. The van der Waals surface area contributed by atoms with Crippen LogP contribution in [-0.4, -0.2) is 66.5 Å². The topological polar surface area (TPSA) is 104 Å². The lowest BCUT2D eigenvalue weighted by Crippen LogP contribution is -2.67. The van der Waals surface area contributed by atoms with E-state index < -0.39 is 5.60 Å². The molecule has 7 rings (SSSR count). The fourth-order valence-electron chi connectivity index (χ4n) is 5.45. The molecule has 0 aliphatic carbocycles. The second kappa shape index (κ2) is 9.28. The highest BCUT2D eigenvalue weighted by molar-refractivity contribution is 5.77. The van der Waals surface area contributed by atoms with Crippen molar-refractivity contribution in [1.82, 2.24) is 29.2 Å². The highest BCUT2D eigenvalue weighted by Crippen LogP contribution is 2.35. The van der Waals surface area contributed by atoms with E-state index in [4.69, 9.17) is 0 Å². The quantitative estimate of drug-likeness (QED) is 0.351. The second-order valence-corrected chi connectivity index (χ2v) is 10.8. The fraction of sp³-hybridized carbons (Fsp3) is 0.357. The molecule has 0 amide bonds. The number of fused-ring (bicyclic) bond motifs is 3. The summed E-state index contributed by atoms with van der Waals surface area (Å²) in [5, 5.41) is 13.9. The number of aromatic nitrogens is 5. The number of anilines is 3. The van der Waals surface area contributed by atoms with Gasteiger partial charge in [0.05, 0.1) is 17.9 Å². The molecule has 2 unspecified atom stereocenters. The number of benzene rings is 1. The summed E-state index contributed by atoms with van der Waals surface area (Å²) in [4.78, 5) is 31.2. The van der Waals surface area contributed by atoms with Crippen molar-refractivity contribution >= 4 is 28.4 Å². The van der Waals surface area contributed by atoms with Crippen LogP contribution in [0.5, 0.6) is 0 Å². The van der Waals surface area contributed by atoms with Crippen molar-refractivity contribution in [2.75, 3.05) is 30.4 Å². The van der Waals surface area contributed by atoms with E-state index in [9.17, 15) is 9.90 Å². The molecule has 3 aliphatic rings. The number of hydrogen-bond donors (Lipinski definition) is 2. The predicted octanol–water partition coefficient (Wildman–Crippen LogP) is 3.17. The van der Waals surface area contributed by atoms with Crippen LogP contribution in [0.25, 0.3) is 16.9 Å². The first-order valence-electron chi connectivity index (χ1n) is 13.0. The summed E-state index contributed by atoms with van der Waals surface area (Å²) in [5.74, 6) is 0.305. The van der Waals surface area contributed by atoms with Crippen molar-refractivity contribution in [3.63, 3.8) is 0 Å². The monoisotopic (exact) mass is 530 g/mol. The zero-order chi connectivity index (χ0) is 27.5. The molecule has 3 fully saturated rings. The van der Waals surface area contributed by atoms with Crippen LogP contribution in [0.1, 0.15) is 26.0 Å². The van der Waals surface area contributed by atoms with Crippen molar-refractivity contribution in [1.29, 1.82) is 0 Å². The third-order valence-electron chi connectivity index (χ3n) is 7.66. The van der Waals surface area contributed by atoms with Gasteiger partial charge in [0.25, 0.3) is 5.56 Å². The Hall–Kier alpha value is -4.09. The molecule has 11 heteroatoms. The highest BCUT2D eigenvalue weighted by Gasteiger charge is 2.42. The summed E-state index contributed by atoms with van der Waals surface area (Å²) in [7, 11) is 2.13. The zero-order valence-corrected chi connectivity index (χ0v) is 22.2. The van der Waals surface area contributed by atoms with Gasteiger partial charge in [-0.25, -0.2) is 23.7 Å². The lowest BCUT2D eigenvalue weighted by atomic mass is 9.88. The van der Waals surface area contributed by atoms with Gasteiger partial charge in [0.1, 0.15) is 16.8 Å². The third-order valence-corrected chi connectivity index (χ3v) is 7.66. The summed E-state index contributed by atoms with van der Waals surface area (Å²) in [6, 6.07) is 11.2. The molecule has 2 atom stereocenters. The second-order valence-electron chi connectivity index (χ2n) is 10.8. The normalized spacial score (nSPS) is 19.3. The minimum Gasteiger partial charge on any atom is -0.384 e. The molecule has 202 valence electrons. The van der Waals surface area contributed by atoms with Gasteiger partial charge in [-0.3, -0.25) is 9.69 Å². The minimum absolute atomic E-state index is 0.207. The molecule has 2 N–H and O–H groups in total. The van der Waals surface area contributed by atoms with Gasteiger partial charge in [0, 0.05) is 37.1 Å². The Labute approximate surface area is 225 Å². The number of allylic oxidation sites excluding steroid dienone is 1. The lowest BCUT2D eigenvalue weighted by molar-refractivity contribution is 0.0261. The first kappa shape index (κ1) is 25.2. The summed E-state index contributed by atoms with van der Waals surface area (Å²) < 4.78 is 18.2. The molecule has 2 bridgehead atoms. The number of hydrogen-bond acceptors (Lipinski definition) is 8. The number of halogens is 1. The van der Waals surface area contributed by atoms with Gasteiger partial charge in [-0.15, -0.1) is 6.58 Å². The van der Waals surface area contributed by atoms with Gasteiger partial charge in [-0.2, -0.15) is 4.98 Å². The molecule has 0 saturated carbocycles. The summed E-state index contributed by atoms with van der Waals surface area (Å²) in [6.07, 6.45) is 4.23. The number of rotatable bonds is 7. The van der Waals surface area contributed by atoms with E-state index in [1.807, 2.05) is 0 Å². The maximum atomic E-state index is 15.2. The molecule has 0 spiro atoms. The highest BCUT2D eigenvalue weighted by atomic mass is 19.1. The van der Waals surface area contributed by atoms with Gasteiger partial charge in [0.15, 0.2) is 11.5 Å². The molecular weight excluding hydrogens is 499 g/mol. The molecule has 39 heavy (non-hydrogen) atoms. The number of piperazine rings is 1. The van der Waals surface area contributed by atoms with E-state index in [1.165, 1.54) is 23.4 Å². The maximum absolute atomic E-state index is 15.2. The van der Waals surface area contributed by atoms with Gasteiger partial charge in [0.2, 0.25) is 5.95 Å². The van der Waals surface area contributed by atoms with Crippen molar-refractivity contribution < 1.29 is 9.50 Å². The van der Waals surface area contributed by atoms with Crippen LogP contribution in [0.4, 0.5) is 21.7 Å². The van der Waals surface area contributed by atoms with Crippen molar-refractivity contribution in [2.45, 2.75) is 44.5 Å². The van der Waals surface area contributed by atoms with E-state index in [-0.39, 0.29) is 23.9 Å². The van der Waals surface area contributed by atoms with Crippen LogP contribution in [0.2, 0.25) is 0 Å². The molecule has 6 heterocycles. The van der Waals surface area contributed by atoms with Crippen LogP contribution in [0.15, 0.2) is 60.0 Å². The van der Waals surface area contributed by atoms with Crippen LogP contribution < -0.4 is 15.8 Å². The SMILES string of the molecule is C=CCn1c(=O)c2cnc(Nc3ccc(N4CC5CC(C4)N5C)c(F)c3)nc2n1-c1cccc(C(C)(C)O)n1. The maximum Gasteiger partial charge on any atom is 0.278 e. The number of piperidine rings is 1. The first-order valence-corrected chi connectivity index (χ1v) is 13.0. The standard InChI is InChI=1S/C28H31FN8O2/c1-5-11-36-26(38)20-14-30-27(33-25(20)37(36)24-8-6-7-23(32-24)28(2,3)39)31-17-9-10-22(21(29)12-17)35-15-18-13-19(16-35)34(18)4/h5-10,12,14,18-19,39H,1,11,13,15-16H2,2-4H3,(H,30,31,33). The van der Waals surface area contributed by atoms with Gasteiger partial charge in [-0.05, 0) is 57.6 Å². The predicted molar refractivity (Wildman–Crippen MR) is 148 cm³/mol. The van der Waals surface area contributed by atoms with Gasteiger partial charge in [-0.1, -0.05) is 12.1 Å². The molecule has 10 nitrogen and oxygen atoms in total. The Bertz CT molecular complexity index is 1630. The lowest BCUT2D eigenvalue weighted by Gasteiger charge is -2.55. The average Bonchev–Trinajstić information content (AvgIpc) is 3.19. The first-order chi connectivity index (χ1) is 18.6. The Morgan fingerprint density at radius 1 is 1.21 bits per heavy atom. The van der Waals surface area contributed by atoms with E-state index >= 15 is 4.39 Å². The van der Waals surface area contributed by atoms with Crippen LogP contribution >= 0.6 is 0 Å². The Morgan fingerprint density at radius 2 is 1.97 bits per heavy atom. The molecular formula is C28H31FN8O2. The number of nitrogens with zero attached hydrogens (tertiary/aromatic N) is 7. The molecule has 1 aromatic carbocycles. The van der Waals surface area contributed by atoms with Crippen LogP contribution in [0.3, 0.4) is 0 Å². The molecule has 3 aromatic heterocycles. The van der Waals surface area contributed by atoms with Crippen molar-refractivity contribution in [2.24, 2.45) is 0 Å². The van der Waals surface area contributed by atoms with Crippen molar-refractivity contribution in [3.05, 3.63) is 77.1 Å². The van der Waals surface area contributed by atoms with E-state index in [0.717, 1.165) is 13.1 Å². The summed E-state index contributed by atoms with van der Waals surface area (Å²) in [5.41, 5.74) is 0.385. The van der Waals surface area contributed by atoms with Gasteiger partial charge >= 0.3 is 0 Å². The van der Waals surface area contributed by atoms with Crippen LogP contribution in [0, 0.1) is 5.82 Å². The van der Waals surface area contributed by atoms with Crippen LogP contribution in [-0.2, 0) is 12.1 Å². The molecule has 4 aromatic rings. The Kier molecular flexibility index (Phi) is 6.00. The number of likely N-dealkylation sites (N-methyl/N-ethyl adjacent to an activating group) is 1. The smallest absolute Gasteiger partial charge is 0.278 e. The Balaban J connectivity index is 1.35. The zero-order valence-electron chi connectivity index (χ0n) is 22.2. The third kappa shape index (κ3) is 4.37. The molecule has 3 aliphatic heterocycles. The van der Waals surface area contributed by atoms with E-state index in [2.05, 4.69) is 43.7 Å². The van der Waals surface area contributed by atoms with Gasteiger partial charge < -0.3 is 15.3 Å². The average molecular weight is 531 g/mol. The minimum atomic E-state index is -1.18. The Morgan fingerprint density at radius 3 is 2.64 bits per heavy atom. The molecule has 0 radical (unpaired) electrons. The largest absolute Gasteiger partial charge is 0.384 e. The van der Waals surface area contributed by atoms with E-state index in [0.29, 0.717) is 46.0 Å². The summed E-state index contributed by atoms with van der Waals surface area (Å²) >= 11 is 0. The number of pyridine rings is 1. The molecule has 3 saturated heterocycles. The fourth-order valence-corrected chi connectivity index (χ4v) is 5.45.